The normalized spacial score (nSPS) is 10.7. The molecule has 0 saturated heterocycles. The van der Waals surface area contributed by atoms with Gasteiger partial charge in [-0.05, 0) is 86.2 Å². The third-order valence-electron chi connectivity index (χ3n) is 4.65. The number of carbonyl (C=O) groups excluding carboxylic acids is 2. The second kappa shape index (κ2) is 11.6. The third kappa shape index (κ3) is 6.87. The van der Waals surface area contributed by atoms with Crippen LogP contribution < -0.4 is 24.3 Å². The fourth-order valence-electron chi connectivity index (χ4n) is 3.01. The van der Waals surface area contributed by atoms with E-state index in [1.807, 2.05) is 19.9 Å². The Morgan fingerprint density at radius 2 is 1.50 bits per heavy atom. The second-order valence-corrected chi connectivity index (χ2v) is 7.54. The van der Waals surface area contributed by atoms with Gasteiger partial charge in [0, 0.05) is 17.3 Å². The number of esters is 1. The highest BCUT2D eigenvalue weighted by Crippen LogP contribution is 2.29. The average molecular weight is 462 g/mol. The summed E-state index contributed by atoms with van der Waals surface area (Å²) >= 11 is 0. The summed E-state index contributed by atoms with van der Waals surface area (Å²) in [7, 11) is 3.14. The molecule has 34 heavy (non-hydrogen) atoms. The van der Waals surface area contributed by atoms with Crippen LogP contribution in [0, 0.1) is 0 Å². The zero-order valence-corrected chi connectivity index (χ0v) is 19.5. The monoisotopic (exact) mass is 461 g/mol. The molecule has 1 amide bonds. The number of carbonyl (C=O) groups is 2. The first-order chi connectivity index (χ1) is 16.4. The zero-order chi connectivity index (χ0) is 24.5. The van der Waals surface area contributed by atoms with Crippen molar-refractivity contribution in [1.82, 2.24) is 0 Å². The summed E-state index contributed by atoms with van der Waals surface area (Å²) in [6, 6.07) is 18.7. The number of nitrogens with one attached hydrogen (secondary N) is 1. The van der Waals surface area contributed by atoms with Crippen molar-refractivity contribution in [3.8, 4) is 23.0 Å². The third-order valence-corrected chi connectivity index (χ3v) is 4.65. The molecule has 7 nitrogen and oxygen atoms in total. The minimum atomic E-state index is -0.545. The van der Waals surface area contributed by atoms with Gasteiger partial charge in [0.2, 0.25) is 0 Å². The van der Waals surface area contributed by atoms with Gasteiger partial charge in [-0.3, -0.25) is 4.79 Å². The first-order valence-corrected chi connectivity index (χ1v) is 10.7. The molecule has 7 heteroatoms. The van der Waals surface area contributed by atoms with Gasteiger partial charge in [-0.25, -0.2) is 4.79 Å². The molecule has 3 aromatic carbocycles. The molecule has 0 heterocycles. The van der Waals surface area contributed by atoms with E-state index < -0.39 is 5.97 Å². The van der Waals surface area contributed by atoms with Gasteiger partial charge in [-0.2, -0.15) is 0 Å². The van der Waals surface area contributed by atoms with Gasteiger partial charge < -0.3 is 24.3 Å². The van der Waals surface area contributed by atoms with Crippen LogP contribution in [0.2, 0.25) is 0 Å². The number of amides is 1. The highest BCUT2D eigenvalue weighted by Gasteiger charge is 2.09. The van der Waals surface area contributed by atoms with Crippen molar-refractivity contribution in [3.63, 3.8) is 0 Å². The smallest absolute Gasteiger partial charge is 0.336 e. The van der Waals surface area contributed by atoms with E-state index >= 15 is 0 Å². The summed E-state index contributed by atoms with van der Waals surface area (Å²) in [5.41, 5.74) is 1.84. The highest BCUT2D eigenvalue weighted by molar-refractivity contribution is 6.04. The molecular weight excluding hydrogens is 434 g/mol. The molecule has 0 atom stereocenters. The molecule has 0 bridgehead atoms. The number of methoxy groups -OCH3 is 2. The topological polar surface area (TPSA) is 83.1 Å². The number of ether oxygens (including phenoxy) is 4. The van der Waals surface area contributed by atoms with Crippen LogP contribution in [0.3, 0.4) is 0 Å². The number of anilines is 1. The van der Waals surface area contributed by atoms with Gasteiger partial charge in [0.25, 0.3) is 5.91 Å². The van der Waals surface area contributed by atoms with Crippen LogP contribution in [0.15, 0.2) is 72.8 Å². The van der Waals surface area contributed by atoms with E-state index in [1.54, 1.807) is 81.0 Å². The Bertz CT molecular complexity index is 1150. The van der Waals surface area contributed by atoms with Crippen molar-refractivity contribution in [3.05, 3.63) is 83.9 Å². The maximum Gasteiger partial charge on any atom is 0.336 e. The molecule has 0 radical (unpaired) electrons. The lowest BCUT2D eigenvalue weighted by atomic mass is 10.2. The van der Waals surface area contributed by atoms with E-state index in [0.29, 0.717) is 34.2 Å². The Kier molecular flexibility index (Phi) is 8.29. The van der Waals surface area contributed by atoms with Crippen LogP contribution in [-0.2, 0) is 4.79 Å². The number of hydrogen-bond acceptors (Lipinski definition) is 6. The van der Waals surface area contributed by atoms with Crippen LogP contribution in [0.1, 0.15) is 29.8 Å². The predicted octanol–water partition coefficient (Wildman–Crippen LogP) is 5.36. The molecule has 1 N–H and O–H groups in total. The van der Waals surface area contributed by atoms with Gasteiger partial charge in [-0.15, -0.1) is 0 Å². The summed E-state index contributed by atoms with van der Waals surface area (Å²) in [4.78, 5) is 24.6. The molecule has 0 aromatic heterocycles. The molecule has 0 aliphatic carbocycles. The Hall–Kier alpha value is -4.26. The first-order valence-electron chi connectivity index (χ1n) is 10.7. The van der Waals surface area contributed by atoms with Crippen LogP contribution in [0.5, 0.6) is 23.0 Å². The van der Waals surface area contributed by atoms with Crippen molar-refractivity contribution in [1.29, 1.82) is 0 Å². The lowest BCUT2D eigenvalue weighted by molar-refractivity contribution is -0.128. The largest absolute Gasteiger partial charge is 0.497 e. The Balaban J connectivity index is 1.57. The van der Waals surface area contributed by atoms with E-state index in [2.05, 4.69) is 5.32 Å². The summed E-state index contributed by atoms with van der Waals surface area (Å²) in [5, 5.41) is 2.80. The second-order valence-electron chi connectivity index (χ2n) is 7.54. The van der Waals surface area contributed by atoms with Crippen molar-refractivity contribution >= 4 is 23.6 Å². The van der Waals surface area contributed by atoms with E-state index in [4.69, 9.17) is 18.9 Å². The van der Waals surface area contributed by atoms with Crippen LogP contribution in [-0.4, -0.2) is 32.2 Å². The molecule has 0 aliphatic heterocycles. The lowest BCUT2D eigenvalue weighted by Gasteiger charge is -2.13. The van der Waals surface area contributed by atoms with E-state index in [1.165, 1.54) is 6.08 Å². The molecule has 0 saturated carbocycles. The average Bonchev–Trinajstić information content (AvgIpc) is 2.84. The van der Waals surface area contributed by atoms with Crippen LogP contribution in [0.4, 0.5) is 5.69 Å². The lowest BCUT2D eigenvalue weighted by Crippen LogP contribution is -2.12. The van der Waals surface area contributed by atoms with Crippen LogP contribution >= 0.6 is 0 Å². The summed E-state index contributed by atoms with van der Waals surface area (Å²) in [6.45, 7) is 3.87. The Labute approximate surface area is 198 Å². The molecule has 0 unspecified atom stereocenters. The molecule has 0 spiro atoms. The Morgan fingerprint density at radius 1 is 0.824 bits per heavy atom. The van der Waals surface area contributed by atoms with E-state index in [9.17, 15) is 9.59 Å². The number of benzene rings is 3. The fraction of sp³-hybridized carbons (Fsp3) is 0.185. The maximum absolute atomic E-state index is 12.4. The van der Waals surface area contributed by atoms with Gasteiger partial charge in [0.1, 0.15) is 11.5 Å². The predicted molar refractivity (Wildman–Crippen MR) is 131 cm³/mol. The van der Waals surface area contributed by atoms with Crippen LogP contribution in [0.25, 0.3) is 6.08 Å². The van der Waals surface area contributed by atoms with Gasteiger partial charge in [0.05, 0.1) is 20.3 Å². The number of hydrogen-bond donors (Lipinski definition) is 1. The summed E-state index contributed by atoms with van der Waals surface area (Å²) in [5.74, 6) is 1.42. The summed E-state index contributed by atoms with van der Waals surface area (Å²) in [6.07, 6.45) is 2.97. The molecule has 3 rings (SSSR count). The molecule has 0 aliphatic rings. The molecule has 3 aromatic rings. The zero-order valence-electron chi connectivity index (χ0n) is 19.5. The fourth-order valence-corrected chi connectivity index (χ4v) is 3.01. The molecule has 176 valence electrons. The van der Waals surface area contributed by atoms with Crippen molar-refractivity contribution in [2.45, 2.75) is 20.0 Å². The molecular formula is C27H27NO6. The first kappa shape index (κ1) is 24.4. The minimum Gasteiger partial charge on any atom is -0.497 e. The van der Waals surface area contributed by atoms with Gasteiger partial charge in [-0.1, -0.05) is 6.07 Å². The molecule has 0 fully saturated rings. The van der Waals surface area contributed by atoms with Crippen molar-refractivity contribution in [2.75, 3.05) is 19.5 Å². The Morgan fingerprint density at radius 3 is 2.12 bits per heavy atom. The summed E-state index contributed by atoms with van der Waals surface area (Å²) < 4.78 is 21.5. The van der Waals surface area contributed by atoms with E-state index in [0.717, 1.165) is 5.56 Å². The number of rotatable bonds is 9. The quantitative estimate of drug-likeness (QED) is 0.262. The SMILES string of the molecule is COc1ccc(NC(=O)c2ccc(OC(=O)/C=C/c3ccc(OC(C)C)c(OC)c3)cc2)cc1. The van der Waals surface area contributed by atoms with Gasteiger partial charge in [0.15, 0.2) is 11.5 Å². The highest BCUT2D eigenvalue weighted by atomic mass is 16.5. The minimum absolute atomic E-state index is 0.0187. The van der Waals surface area contributed by atoms with Gasteiger partial charge >= 0.3 is 5.97 Å². The standard InChI is InChI=1S/C27H27NO6/c1-18(2)33-24-15-5-19(17-25(24)32-4)6-16-26(29)34-23-11-7-20(8-12-23)27(30)28-21-9-13-22(31-3)14-10-21/h5-18H,1-4H3,(H,28,30)/b16-6+. The van der Waals surface area contributed by atoms with E-state index in [-0.39, 0.29) is 12.0 Å². The maximum atomic E-state index is 12.4. The van der Waals surface area contributed by atoms with Crippen molar-refractivity contribution in [2.24, 2.45) is 0 Å². The van der Waals surface area contributed by atoms with Crippen molar-refractivity contribution < 1.29 is 28.5 Å².